The van der Waals surface area contributed by atoms with Crippen molar-refractivity contribution in [3.8, 4) is 5.75 Å². The lowest BCUT2D eigenvalue weighted by Crippen LogP contribution is -2.40. The number of carbonyl (C=O) groups is 1. The number of hydrogen-bond acceptors (Lipinski definition) is 7. The van der Waals surface area contributed by atoms with Crippen LogP contribution in [0.2, 0.25) is 0 Å². The van der Waals surface area contributed by atoms with Crippen molar-refractivity contribution in [2.24, 2.45) is 5.92 Å². The molecule has 35 heavy (non-hydrogen) atoms. The molecule has 0 spiro atoms. The number of ether oxygens (including phenoxy) is 4. The summed E-state index contributed by atoms with van der Waals surface area (Å²) < 4.78 is 22.5. The van der Waals surface area contributed by atoms with E-state index in [0.717, 1.165) is 45.2 Å². The molecule has 2 fully saturated rings. The molecule has 2 aliphatic heterocycles. The molecule has 0 amide bonds. The standard InChI is InChI=1S/C27H35NO6.ClH/c29-26(34-20-21-12-14-28-15-13-21)27(30,22-7-2-1-3-8-22)23-9-6-10-24(19-23)31-16-5-4-11-25-32-17-18-33-25;/h1-3,6-10,19,21,25,28,30H,4-5,11-18,20H2;1H. The van der Waals surface area contributed by atoms with Gasteiger partial charge >= 0.3 is 5.97 Å². The van der Waals surface area contributed by atoms with Crippen molar-refractivity contribution >= 4 is 18.4 Å². The van der Waals surface area contributed by atoms with Gasteiger partial charge in [0.25, 0.3) is 0 Å². The molecule has 0 radical (unpaired) electrons. The number of hydrogen-bond donors (Lipinski definition) is 2. The SMILES string of the molecule is Cl.O=C(OCC1CCNCC1)C(O)(c1ccccc1)c1cccc(OCCCCC2OCCO2)c1. The number of nitrogens with one attached hydrogen (secondary N) is 1. The largest absolute Gasteiger partial charge is 0.494 e. The molecule has 2 saturated heterocycles. The van der Waals surface area contributed by atoms with E-state index in [1.54, 1.807) is 42.5 Å². The summed E-state index contributed by atoms with van der Waals surface area (Å²) in [5.74, 6) is 0.247. The highest BCUT2D eigenvalue weighted by Crippen LogP contribution is 2.33. The number of halogens is 1. The fourth-order valence-corrected chi connectivity index (χ4v) is 4.42. The van der Waals surface area contributed by atoms with E-state index < -0.39 is 11.6 Å². The quantitative estimate of drug-likeness (QED) is 0.355. The van der Waals surface area contributed by atoms with Crippen LogP contribution in [0.25, 0.3) is 0 Å². The van der Waals surface area contributed by atoms with Crippen molar-refractivity contribution in [3.05, 3.63) is 65.7 Å². The molecule has 2 aromatic rings. The van der Waals surface area contributed by atoms with E-state index in [1.165, 1.54) is 0 Å². The van der Waals surface area contributed by atoms with Gasteiger partial charge < -0.3 is 29.4 Å². The first kappa shape index (κ1) is 27.4. The average Bonchev–Trinajstić information content (AvgIpc) is 3.41. The maximum Gasteiger partial charge on any atom is 0.347 e. The fraction of sp³-hybridized carbons (Fsp3) is 0.519. The summed E-state index contributed by atoms with van der Waals surface area (Å²) in [5.41, 5.74) is -1.01. The average molecular weight is 506 g/mol. The zero-order valence-corrected chi connectivity index (χ0v) is 20.8. The molecular weight excluding hydrogens is 470 g/mol. The normalized spacial score (nSPS) is 18.4. The van der Waals surface area contributed by atoms with Crippen LogP contribution in [0.4, 0.5) is 0 Å². The van der Waals surface area contributed by atoms with Gasteiger partial charge in [0.1, 0.15) is 5.75 Å². The zero-order chi connectivity index (χ0) is 23.6. The molecule has 7 nitrogen and oxygen atoms in total. The van der Waals surface area contributed by atoms with Gasteiger partial charge in [-0.2, -0.15) is 0 Å². The van der Waals surface area contributed by atoms with Gasteiger partial charge in [0.15, 0.2) is 6.29 Å². The molecule has 0 saturated carbocycles. The monoisotopic (exact) mass is 505 g/mol. The van der Waals surface area contributed by atoms with E-state index in [0.29, 0.717) is 49.2 Å². The van der Waals surface area contributed by atoms with Crippen LogP contribution in [0, 0.1) is 5.92 Å². The fourth-order valence-electron chi connectivity index (χ4n) is 4.42. The molecule has 0 aliphatic carbocycles. The van der Waals surface area contributed by atoms with E-state index >= 15 is 0 Å². The number of piperidine rings is 1. The predicted molar refractivity (Wildman–Crippen MR) is 135 cm³/mol. The topological polar surface area (TPSA) is 86.3 Å². The molecule has 2 heterocycles. The lowest BCUT2D eigenvalue weighted by atomic mass is 9.86. The molecule has 2 N–H and O–H groups in total. The lowest BCUT2D eigenvalue weighted by Gasteiger charge is -2.29. The molecule has 4 rings (SSSR count). The van der Waals surface area contributed by atoms with Crippen molar-refractivity contribution in [1.82, 2.24) is 5.32 Å². The minimum atomic E-state index is -1.91. The van der Waals surface area contributed by atoms with Crippen LogP contribution in [0.1, 0.15) is 43.2 Å². The Balaban J connectivity index is 0.00000342. The Hall–Kier alpha value is -2.16. The molecule has 8 heteroatoms. The van der Waals surface area contributed by atoms with Gasteiger partial charge in [-0.15, -0.1) is 12.4 Å². The van der Waals surface area contributed by atoms with E-state index in [2.05, 4.69) is 5.32 Å². The molecular formula is C27H36ClNO6. The van der Waals surface area contributed by atoms with Crippen molar-refractivity contribution in [1.29, 1.82) is 0 Å². The first-order chi connectivity index (χ1) is 16.7. The van der Waals surface area contributed by atoms with Gasteiger partial charge in [-0.05, 0) is 68.8 Å². The van der Waals surface area contributed by atoms with Crippen LogP contribution >= 0.6 is 12.4 Å². The second kappa shape index (κ2) is 13.8. The number of aliphatic hydroxyl groups is 1. The highest BCUT2D eigenvalue weighted by atomic mass is 35.5. The first-order valence-electron chi connectivity index (χ1n) is 12.3. The van der Waals surface area contributed by atoms with E-state index in [-0.39, 0.29) is 18.7 Å². The third-order valence-corrected chi connectivity index (χ3v) is 6.44. The van der Waals surface area contributed by atoms with Gasteiger partial charge in [-0.1, -0.05) is 42.5 Å². The molecule has 0 bridgehead atoms. The van der Waals surface area contributed by atoms with Gasteiger partial charge in [0.05, 0.1) is 26.4 Å². The maximum absolute atomic E-state index is 13.3. The molecule has 0 aromatic heterocycles. The number of unbranched alkanes of at least 4 members (excludes halogenated alkanes) is 1. The molecule has 2 aromatic carbocycles. The minimum Gasteiger partial charge on any atom is -0.494 e. The van der Waals surface area contributed by atoms with Crippen LogP contribution in [0.3, 0.4) is 0 Å². The van der Waals surface area contributed by atoms with Crippen LogP contribution in [0.5, 0.6) is 5.75 Å². The van der Waals surface area contributed by atoms with Crippen molar-refractivity contribution in [3.63, 3.8) is 0 Å². The Morgan fingerprint density at radius 3 is 2.46 bits per heavy atom. The Bertz CT molecular complexity index is 902. The summed E-state index contributed by atoms with van der Waals surface area (Å²) >= 11 is 0. The van der Waals surface area contributed by atoms with Gasteiger partial charge in [-0.3, -0.25) is 0 Å². The number of carbonyl (C=O) groups excluding carboxylic acids is 1. The summed E-state index contributed by atoms with van der Waals surface area (Å²) in [6.07, 6.45) is 4.45. The Morgan fingerprint density at radius 1 is 1.00 bits per heavy atom. The number of benzene rings is 2. The highest BCUT2D eigenvalue weighted by molar-refractivity contribution is 5.86. The molecule has 1 atom stereocenters. The summed E-state index contributed by atoms with van der Waals surface area (Å²) in [6, 6.07) is 16.0. The smallest absolute Gasteiger partial charge is 0.347 e. The first-order valence-corrected chi connectivity index (χ1v) is 12.3. The Labute approximate surface area is 213 Å². The zero-order valence-electron chi connectivity index (χ0n) is 20.0. The van der Waals surface area contributed by atoms with E-state index in [1.807, 2.05) is 12.1 Å². The van der Waals surface area contributed by atoms with Crippen LogP contribution in [-0.4, -0.2) is 56.9 Å². The van der Waals surface area contributed by atoms with E-state index in [4.69, 9.17) is 18.9 Å². The van der Waals surface area contributed by atoms with Crippen LogP contribution < -0.4 is 10.1 Å². The molecule has 192 valence electrons. The maximum atomic E-state index is 13.3. The lowest BCUT2D eigenvalue weighted by molar-refractivity contribution is -0.163. The minimum absolute atomic E-state index is 0. The van der Waals surface area contributed by atoms with Crippen molar-refractivity contribution in [2.75, 3.05) is 39.5 Å². The van der Waals surface area contributed by atoms with Gasteiger partial charge in [0, 0.05) is 5.56 Å². The van der Waals surface area contributed by atoms with Crippen molar-refractivity contribution < 1.29 is 28.8 Å². The second-order valence-electron chi connectivity index (χ2n) is 8.91. The molecule has 1 unspecified atom stereocenters. The predicted octanol–water partition coefficient (Wildman–Crippen LogP) is 3.81. The van der Waals surface area contributed by atoms with Crippen molar-refractivity contribution in [2.45, 2.75) is 44.0 Å². The van der Waals surface area contributed by atoms with Crippen LogP contribution in [-0.2, 0) is 24.6 Å². The van der Waals surface area contributed by atoms with E-state index in [9.17, 15) is 9.90 Å². The summed E-state index contributed by atoms with van der Waals surface area (Å²) in [5, 5.41) is 15.1. The third kappa shape index (κ3) is 7.41. The summed E-state index contributed by atoms with van der Waals surface area (Å²) in [4.78, 5) is 13.3. The Morgan fingerprint density at radius 2 is 1.71 bits per heavy atom. The van der Waals surface area contributed by atoms with Crippen LogP contribution in [0.15, 0.2) is 54.6 Å². The third-order valence-electron chi connectivity index (χ3n) is 6.44. The summed E-state index contributed by atoms with van der Waals surface area (Å²) in [6.45, 7) is 4.01. The Kier molecular flexibility index (Phi) is 10.8. The van der Waals surface area contributed by atoms with Gasteiger partial charge in [-0.25, -0.2) is 4.79 Å². The number of rotatable bonds is 11. The second-order valence-corrected chi connectivity index (χ2v) is 8.91. The molecule has 2 aliphatic rings. The van der Waals surface area contributed by atoms with Gasteiger partial charge in [0.2, 0.25) is 5.60 Å². The number of esters is 1. The highest BCUT2D eigenvalue weighted by Gasteiger charge is 2.42. The summed E-state index contributed by atoms with van der Waals surface area (Å²) in [7, 11) is 0.